The molecule has 4 rings (SSSR count). The maximum Gasteiger partial charge on any atom is 0.310 e. The summed E-state index contributed by atoms with van der Waals surface area (Å²) in [6, 6.07) is -1.28. The molecule has 0 aromatic rings. The highest BCUT2D eigenvalue weighted by Gasteiger charge is 2.77. The summed E-state index contributed by atoms with van der Waals surface area (Å²) in [4.78, 5) is 48.5. The standard InChI is InChI=1S/C31H49N3O6S/c1-6-9-10-16-40-30(38)25-24-19-22(5)31(41-24)26(25)28(36)34(23(20-35)21(4)8-3)27(31)29(37)33(11-7-2)13-12-32-14-17-39-18-15-32/h6-7,21-27,35H,1-2,8-20H2,3-5H3/t21-,22?,23-,24+,25-,26-,27?,31?/m0/s1. The van der Waals surface area contributed by atoms with Gasteiger partial charge in [-0.25, -0.2) is 0 Å². The van der Waals surface area contributed by atoms with Gasteiger partial charge in [-0.3, -0.25) is 19.3 Å². The number of hydrogen-bond acceptors (Lipinski definition) is 8. The van der Waals surface area contributed by atoms with Gasteiger partial charge in [-0.2, -0.15) is 0 Å². The second kappa shape index (κ2) is 14.1. The van der Waals surface area contributed by atoms with Crippen LogP contribution in [0.25, 0.3) is 0 Å². The molecule has 8 atom stereocenters. The molecule has 4 fully saturated rings. The highest BCUT2D eigenvalue weighted by molar-refractivity contribution is 8.02. The summed E-state index contributed by atoms with van der Waals surface area (Å²) in [5.41, 5.74) is 0. The average molecular weight is 592 g/mol. The fraction of sp³-hybridized carbons (Fsp3) is 0.774. The van der Waals surface area contributed by atoms with Crippen molar-refractivity contribution in [3.8, 4) is 0 Å². The summed E-state index contributed by atoms with van der Waals surface area (Å²) in [5, 5.41) is 10.5. The third-order valence-electron chi connectivity index (χ3n) is 9.78. The summed E-state index contributed by atoms with van der Waals surface area (Å²) in [5.74, 6) is -1.85. The Labute approximate surface area is 249 Å². The molecular formula is C31H49N3O6S. The van der Waals surface area contributed by atoms with E-state index in [0.29, 0.717) is 39.3 Å². The number of fused-ring (bicyclic) bond motifs is 1. The van der Waals surface area contributed by atoms with Crippen molar-refractivity contribution in [3.05, 3.63) is 25.3 Å². The molecule has 0 radical (unpaired) electrons. The van der Waals surface area contributed by atoms with Crippen LogP contribution in [0.1, 0.15) is 46.5 Å². The molecule has 230 valence electrons. The number of allylic oxidation sites excluding steroid dienone is 1. The van der Waals surface area contributed by atoms with E-state index in [2.05, 4.69) is 25.0 Å². The molecule has 1 spiro atoms. The van der Waals surface area contributed by atoms with Crippen molar-refractivity contribution in [1.82, 2.24) is 14.7 Å². The van der Waals surface area contributed by atoms with E-state index in [1.807, 2.05) is 18.7 Å². The number of nitrogens with zero attached hydrogens (tertiary/aromatic N) is 3. The van der Waals surface area contributed by atoms with E-state index >= 15 is 0 Å². The lowest BCUT2D eigenvalue weighted by molar-refractivity contribution is -0.155. The van der Waals surface area contributed by atoms with Gasteiger partial charge in [0.1, 0.15) is 6.04 Å². The molecule has 4 heterocycles. The Morgan fingerprint density at radius 2 is 2.02 bits per heavy atom. The molecule has 2 amide bonds. The Morgan fingerprint density at radius 3 is 2.66 bits per heavy atom. The third-order valence-corrected chi connectivity index (χ3v) is 11.9. The van der Waals surface area contributed by atoms with Gasteiger partial charge in [0.2, 0.25) is 11.8 Å². The molecule has 3 unspecified atom stereocenters. The van der Waals surface area contributed by atoms with E-state index in [9.17, 15) is 19.5 Å². The highest BCUT2D eigenvalue weighted by atomic mass is 32.2. The topological polar surface area (TPSA) is 99.6 Å². The predicted octanol–water partition coefficient (Wildman–Crippen LogP) is 2.59. The van der Waals surface area contributed by atoms with Gasteiger partial charge in [-0.15, -0.1) is 24.9 Å². The largest absolute Gasteiger partial charge is 0.465 e. The fourth-order valence-electron chi connectivity index (χ4n) is 7.38. The second-order valence-electron chi connectivity index (χ2n) is 12.1. The van der Waals surface area contributed by atoms with Crippen LogP contribution in [0, 0.1) is 23.7 Å². The normalized spacial score (nSPS) is 32.4. The lowest BCUT2D eigenvalue weighted by Crippen LogP contribution is -2.60. The Bertz CT molecular complexity index is 973. The molecule has 2 bridgehead atoms. The number of likely N-dealkylation sites (tertiary alicyclic amines) is 1. The van der Waals surface area contributed by atoms with Crippen LogP contribution in [-0.2, 0) is 23.9 Å². The zero-order valence-corrected chi connectivity index (χ0v) is 25.9. The van der Waals surface area contributed by atoms with E-state index in [1.54, 1.807) is 28.8 Å². The number of aliphatic hydroxyl groups is 1. The smallest absolute Gasteiger partial charge is 0.310 e. The lowest BCUT2D eigenvalue weighted by atomic mass is 9.66. The van der Waals surface area contributed by atoms with Gasteiger partial charge in [-0.1, -0.05) is 39.3 Å². The number of morpholine rings is 1. The molecule has 4 aliphatic rings. The van der Waals surface area contributed by atoms with Crippen molar-refractivity contribution in [1.29, 1.82) is 0 Å². The number of rotatable bonds is 15. The first kappa shape index (κ1) is 32.0. The van der Waals surface area contributed by atoms with Crippen LogP contribution in [0.2, 0.25) is 0 Å². The maximum absolute atomic E-state index is 14.7. The molecule has 41 heavy (non-hydrogen) atoms. The van der Waals surface area contributed by atoms with E-state index in [4.69, 9.17) is 9.47 Å². The third kappa shape index (κ3) is 5.99. The first-order chi connectivity index (χ1) is 19.8. The van der Waals surface area contributed by atoms with E-state index in [1.165, 1.54) is 0 Å². The molecule has 0 saturated carbocycles. The maximum atomic E-state index is 14.7. The second-order valence-corrected chi connectivity index (χ2v) is 13.6. The quantitative estimate of drug-likeness (QED) is 0.176. The van der Waals surface area contributed by atoms with Crippen LogP contribution in [-0.4, -0.2) is 119 Å². The van der Waals surface area contributed by atoms with E-state index < -0.39 is 28.7 Å². The summed E-state index contributed by atoms with van der Waals surface area (Å²) in [6.45, 7) is 18.4. The summed E-state index contributed by atoms with van der Waals surface area (Å²) >= 11 is 1.65. The van der Waals surface area contributed by atoms with Crippen LogP contribution >= 0.6 is 11.8 Å². The molecule has 1 N–H and O–H groups in total. The minimum absolute atomic E-state index is 0.0162. The number of hydrogen-bond donors (Lipinski definition) is 1. The zero-order valence-electron chi connectivity index (χ0n) is 25.0. The van der Waals surface area contributed by atoms with E-state index in [0.717, 1.165) is 32.4 Å². The SMILES string of the molecule is C=CCCCOC(=O)[C@@H]1[C@H]2C(=O)N([C@@H](CO)[C@@H](C)CC)C(C(=O)N(CC=C)CCN3CCOCC3)C23S[C@@H]1CC3C. The Hall–Kier alpha value is -1.88. The van der Waals surface area contributed by atoms with Crippen molar-refractivity contribution >= 4 is 29.5 Å². The highest BCUT2D eigenvalue weighted by Crippen LogP contribution is 2.69. The summed E-state index contributed by atoms with van der Waals surface area (Å²) < 4.78 is 10.4. The van der Waals surface area contributed by atoms with Gasteiger partial charge in [0, 0.05) is 38.0 Å². The monoisotopic (exact) mass is 591 g/mol. The average Bonchev–Trinajstić information content (AvgIpc) is 3.57. The lowest BCUT2D eigenvalue weighted by Gasteiger charge is -2.43. The van der Waals surface area contributed by atoms with E-state index in [-0.39, 0.29) is 48.1 Å². The van der Waals surface area contributed by atoms with Gasteiger partial charge >= 0.3 is 5.97 Å². The summed E-state index contributed by atoms with van der Waals surface area (Å²) in [7, 11) is 0. The van der Waals surface area contributed by atoms with Gasteiger partial charge in [0.15, 0.2) is 0 Å². The van der Waals surface area contributed by atoms with Gasteiger partial charge in [0.05, 0.1) is 49.1 Å². The molecule has 0 aromatic carbocycles. The first-order valence-corrected chi connectivity index (χ1v) is 16.2. The number of unbranched alkanes of at least 4 members (excludes halogenated alkanes) is 1. The van der Waals surface area contributed by atoms with Crippen molar-refractivity contribution in [2.45, 2.75) is 68.5 Å². The first-order valence-electron chi connectivity index (χ1n) is 15.3. The van der Waals surface area contributed by atoms with Crippen molar-refractivity contribution in [3.63, 3.8) is 0 Å². The predicted molar refractivity (Wildman–Crippen MR) is 160 cm³/mol. The number of carbonyl (C=O) groups is 3. The number of aliphatic hydroxyl groups excluding tert-OH is 1. The fourth-order valence-corrected chi connectivity index (χ4v) is 9.77. The Kier molecular flexibility index (Phi) is 11.0. The number of ether oxygens (including phenoxy) is 2. The van der Waals surface area contributed by atoms with Gasteiger partial charge in [-0.05, 0) is 31.1 Å². The van der Waals surface area contributed by atoms with Crippen LogP contribution in [0.5, 0.6) is 0 Å². The van der Waals surface area contributed by atoms with Gasteiger partial charge in [0.25, 0.3) is 0 Å². The van der Waals surface area contributed by atoms with Crippen LogP contribution < -0.4 is 0 Å². The molecule has 9 nitrogen and oxygen atoms in total. The number of thioether (sulfide) groups is 1. The van der Waals surface area contributed by atoms with Crippen LogP contribution in [0.15, 0.2) is 25.3 Å². The molecule has 4 aliphatic heterocycles. The number of esters is 1. The molecular weight excluding hydrogens is 542 g/mol. The van der Waals surface area contributed by atoms with Crippen LogP contribution in [0.3, 0.4) is 0 Å². The summed E-state index contributed by atoms with van der Waals surface area (Å²) in [6.07, 6.45) is 6.47. The Balaban J connectivity index is 1.69. The number of amides is 2. The Morgan fingerprint density at radius 1 is 1.29 bits per heavy atom. The zero-order chi connectivity index (χ0) is 29.7. The van der Waals surface area contributed by atoms with Gasteiger partial charge < -0.3 is 24.4 Å². The molecule has 0 aliphatic carbocycles. The number of carbonyl (C=O) groups excluding carboxylic acids is 3. The molecule has 10 heteroatoms. The minimum Gasteiger partial charge on any atom is -0.465 e. The van der Waals surface area contributed by atoms with Crippen molar-refractivity contribution < 1.29 is 29.0 Å². The molecule has 0 aromatic heterocycles. The minimum atomic E-state index is -0.764. The molecule has 4 saturated heterocycles. The van der Waals surface area contributed by atoms with Crippen molar-refractivity contribution in [2.75, 3.05) is 59.2 Å². The van der Waals surface area contributed by atoms with Crippen LogP contribution in [0.4, 0.5) is 0 Å². The van der Waals surface area contributed by atoms with Crippen molar-refractivity contribution in [2.24, 2.45) is 23.7 Å².